The van der Waals surface area contributed by atoms with Gasteiger partial charge in [0.15, 0.2) is 11.6 Å². The second kappa shape index (κ2) is 8.11. The number of carbonyl (C=O) groups is 1. The zero-order valence-electron chi connectivity index (χ0n) is 14.0. The summed E-state index contributed by atoms with van der Waals surface area (Å²) in [4.78, 5) is 16.5. The third kappa shape index (κ3) is 4.19. The zero-order chi connectivity index (χ0) is 18.7. The molecular formula is C21H16BrClFNO. The largest absolute Gasteiger partial charge is 0.294 e. The van der Waals surface area contributed by atoms with Crippen LogP contribution in [0.2, 0.25) is 5.15 Å². The Morgan fingerprint density at radius 2 is 1.88 bits per heavy atom. The van der Waals surface area contributed by atoms with Crippen LogP contribution < -0.4 is 0 Å². The van der Waals surface area contributed by atoms with Gasteiger partial charge in [-0.05, 0) is 41.8 Å². The minimum atomic E-state index is -0.654. The Balaban J connectivity index is 2.01. The summed E-state index contributed by atoms with van der Waals surface area (Å²) in [5, 5.41) is 0.103. The van der Waals surface area contributed by atoms with Crippen LogP contribution in [-0.4, -0.2) is 10.8 Å². The lowest BCUT2D eigenvalue weighted by Crippen LogP contribution is -2.12. The molecule has 0 N–H and O–H groups in total. The lowest BCUT2D eigenvalue weighted by molar-refractivity contribution is 0.0973. The van der Waals surface area contributed by atoms with Crippen LogP contribution in [0.4, 0.5) is 4.39 Å². The van der Waals surface area contributed by atoms with Gasteiger partial charge in [-0.15, -0.1) is 0 Å². The van der Waals surface area contributed by atoms with Gasteiger partial charge < -0.3 is 0 Å². The summed E-state index contributed by atoms with van der Waals surface area (Å²) in [5.74, 6) is -1.13. The third-order valence-electron chi connectivity index (χ3n) is 4.35. The summed E-state index contributed by atoms with van der Waals surface area (Å²) in [6, 6.07) is 17.0. The van der Waals surface area contributed by atoms with Crippen molar-refractivity contribution in [1.82, 2.24) is 4.98 Å². The summed E-state index contributed by atoms with van der Waals surface area (Å²) in [6.07, 6.45) is 1.13. The molecule has 0 fully saturated rings. The van der Waals surface area contributed by atoms with Crippen molar-refractivity contribution in [3.05, 3.63) is 98.5 Å². The van der Waals surface area contributed by atoms with Gasteiger partial charge in [-0.1, -0.05) is 63.9 Å². The average molecular weight is 433 g/mol. The normalized spacial score (nSPS) is 12.0. The molecule has 1 aromatic heterocycles. The van der Waals surface area contributed by atoms with Crippen LogP contribution in [0.3, 0.4) is 0 Å². The van der Waals surface area contributed by atoms with Crippen molar-refractivity contribution in [1.29, 1.82) is 0 Å². The zero-order valence-corrected chi connectivity index (χ0v) is 16.4. The highest BCUT2D eigenvalue weighted by Gasteiger charge is 2.22. The predicted octanol–water partition coefficient (Wildman–Crippen LogP) is 6.35. The first-order valence-corrected chi connectivity index (χ1v) is 9.28. The van der Waals surface area contributed by atoms with Crippen molar-refractivity contribution in [3.63, 3.8) is 0 Å². The highest BCUT2D eigenvalue weighted by Crippen LogP contribution is 2.32. The molecule has 1 atom stereocenters. The molecule has 2 nitrogen and oxygen atoms in total. The van der Waals surface area contributed by atoms with E-state index in [0.717, 1.165) is 27.4 Å². The highest BCUT2D eigenvalue weighted by atomic mass is 79.9. The number of aryl methyl sites for hydroxylation is 1. The van der Waals surface area contributed by atoms with Crippen molar-refractivity contribution in [2.24, 2.45) is 0 Å². The van der Waals surface area contributed by atoms with Crippen LogP contribution in [0.1, 0.15) is 39.4 Å². The molecule has 0 aliphatic heterocycles. The lowest BCUT2D eigenvalue weighted by atomic mass is 9.84. The van der Waals surface area contributed by atoms with Gasteiger partial charge in [0.1, 0.15) is 5.15 Å². The van der Waals surface area contributed by atoms with Gasteiger partial charge >= 0.3 is 0 Å². The Bertz CT molecular complexity index is 943. The molecular weight excluding hydrogens is 417 g/mol. The number of ketones is 1. The van der Waals surface area contributed by atoms with Crippen LogP contribution in [0, 0.1) is 12.7 Å². The molecule has 0 aliphatic carbocycles. The van der Waals surface area contributed by atoms with Gasteiger partial charge in [-0.25, -0.2) is 9.37 Å². The monoisotopic (exact) mass is 431 g/mol. The molecule has 0 aliphatic rings. The number of hydrogen-bond donors (Lipinski definition) is 0. The second-order valence-corrected chi connectivity index (χ2v) is 7.38. The van der Waals surface area contributed by atoms with Gasteiger partial charge in [0, 0.05) is 16.8 Å². The molecule has 0 spiro atoms. The summed E-state index contributed by atoms with van der Waals surface area (Å²) in [5.41, 5.74) is 3.10. The summed E-state index contributed by atoms with van der Waals surface area (Å²) in [6.45, 7) is 2.01. The number of aromatic nitrogens is 1. The van der Waals surface area contributed by atoms with E-state index >= 15 is 0 Å². The number of pyridine rings is 1. The van der Waals surface area contributed by atoms with Gasteiger partial charge in [-0.3, -0.25) is 4.79 Å². The Morgan fingerprint density at radius 1 is 1.19 bits per heavy atom. The first kappa shape index (κ1) is 18.7. The molecule has 1 unspecified atom stereocenters. The van der Waals surface area contributed by atoms with Crippen molar-refractivity contribution in [2.45, 2.75) is 19.3 Å². The quantitative estimate of drug-likeness (QED) is 0.347. The minimum absolute atomic E-state index is 0.0271. The van der Waals surface area contributed by atoms with Crippen molar-refractivity contribution >= 4 is 33.3 Å². The number of Topliss-reactive ketones (excluding diaryl/α,β-unsaturated/α-hetero) is 1. The molecule has 3 aromatic rings. The maximum Gasteiger partial charge on any atom is 0.166 e. The van der Waals surface area contributed by atoms with Crippen LogP contribution in [0.5, 0.6) is 0 Å². The van der Waals surface area contributed by atoms with E-state index in [1.165, 1.54) is 6.07 Å². The van der Waals surface area contributed by atoms with Crippen molar-refractivity contribution < 1.29 is 9.18 Å². The standard InChI is InChI=1S/C21H16BrClFNO/c1-13-4-2-3-5-16(13)17(14-6-8-15(22)9-7-14)10-20(26)18-11-21(23)25-12-19(18)24/h2-9,11-12,17H,10H2,1H3. The molecule has 3 rings (SSSR count). The fourth-order valence-electron chi connectivity index (χ4n) is 3.00. The van der Waals surface area contributed by atoms with E-state index in [1.807, 2.05) is 55.5 Å². The molecule has 0 amide bonds. The Labute approximate surface area is 165 Å². The number of rotatable bonds is 5. The SMILES string of the molecule is Cc1ccccc1C(CC(=O)c1cc(Cl)ncc1F)c1ccc(Br)cc1. The van der Waals surface area contributed by atoms with Crippen molar-refractivity contribution in [3.8, 4) is 0 Å². The van der Waals surface area contributed by atoms with Gasteiger partial charge in [0.2, 0.25) is 0 Å². The van der Waals surface area contributed by atoms with Gasteiger partial charge in [0.25, 0.3) is 0 Å². The van der Waals surface area contributed by atoms with E-state index in [2.05, 4.69) is 20.9 Å². The van der Waals surface area contributed by atoms with Crippen LogP contribution in [0.25, 0.3) is 0 Å². The van der Waals surface area contributed by atoms with Crippen molar-refractivity contribution in [2.75, 3.05) is 0 Å². The molecule has 0 radical (unpaired) electrons. The summed E-state index contributed by atoms with van der Waals surface area (Å²) >= 11 is 9.27. The van der Waals surface area contributed by atoms with E-state index in [-0.39, 0.29) is 28.8 Å². The topological polar surface area (TPSA) is 30.0 Å². The molecule has 0 saturated heterocycles. The van der Waals surface area contributed by atoms with Crippen LogP contribution in [-0.2, 0) is 0 Å². The Hall–Kier alpha value is -2.04. The average Bonchev–Trinajstić information content (AvgIpc) is 2.63. The van der Waals surface area contributed by atoms with E-state index < -0.39 is 5.82 Å². The first-order valence-electron chi connectivity index (χ1n) is 8.11. The number of carbonyl (C=O) groups excluding carboxylic acids is 1. The fraction of sp³-hybridized carbons (Fsp3) is 0.143. The molecule has 26 heavy (non-hydrogen) atoms. The van der Waals surface area contributed by atoms with Gasteiger partial charge in [-0.2, -0.15) is 0 Å². The number of hydrogen-bond acceptors (Lipinski definition) is 2. The summed E-state index contributed by atoms with van der Waals surface area (Å²) in [7, 11) is 0. The Kier molecular flexibility index (Phi) is 5.84. The van der Waals surface area contributed by atoms with E-state index in [4.69, 9.17) is 11.6 Å². The van der Waals surface area contributed by atoms with Gasteiger partial charge in [0.05, 0.1) is 11.8 Å². The number of halogens is 3. The summed E-state index contributed by atoms with van der Waals surface area (Å²) < 4.78 is 15.0. The molecule has 1 heterocycles. The molecule has 0 bridgehead atoms. The second-order valence-electron chi connectivity index (χ2n) is 6.07. The maximum absolute atomic E-state index is 14.1. The molecule has 5 heteroatoms. The van der Waals surface area contributed by atoms with E-state index in [1.54, 1.807) is 0 Å². The lowest BCUT2D eigenvalue weighted by Gasteiger charge is -2.20. The van der Waals surface area contributed by atoms with Crippen LogP contribution in [0.15, 0.2) is 65.3 Å². The third-order valence-corrected chi connectivity index (χ3v) is 5.08. The van der Waals surface area contributed by atoms with E-state index in [9.17, 15) is 9.18 Å². The highest BCUT2D eigenvalue weighted by molar-refractivity contribution is 9.10. The van der Waals surface area contributed by atoms with Crippen LogP contribution >= 0.6 is 27.5 Å². The first-order chi connectivity index (χ1) is 12.5. The number of benzene rings is 2. The fourth-order valence-corrected chi connectivity index (χ4v) is 3.42. The molecule has 132 valence electrons. The minimum Gasteiger partial charge on any atom is -0.294 e. The molecule has 2 aromatic carbocycles. The maximum atomic E-state index is 14.1. The predicted molar refractivity (Wildman–Crippen MR) is 105 cm³/mol. The number of nitrogens with zero attached hydrogens (tertiary/aromatic N) is 1. The van der Waals surface area contributed by atoms with E-state index in [0.29, 0.717) is 0 Å². The Morgan fingerprint density at radius 3 is 2.58 bits per heavy atom. The smallest absolute Gasteiger partial charge is 0.166 e. The molecule has 0 saturated carbocycles.